The third-order valence-electron chi connectivity index (χ3n) is 4.44. The Morgan fingerprint density at radius 2 is 1.45 bits per heavy atom. The largest absolute Gasteiger partial charge is 0.495 e. The molecular weight excluding hydrogens is 430 g/mol. The molecule has 10 nitrogen and oxygen atoms in total. The summed E-state index contributed by atoms with van der Waals surface area (Å²) in [4.78, 5) is 20.1. The van der Waals surface area contributed by atoms with E-state index >= 15 is 0 Å². The standard InChI is InChI=1S/C18H21NO4.C5H10N2O3/c1-20-15-8-7-12(9-14(15)19)5-6-13-10-16(21-2)18(23-4)17(11-13)22-3;6-3(5(7)10)1-2-4(8)9/h5-11H,19H2,1-4H3;3H,1-2,6H2,(H2,7,10)(H,8,9)/b6-5-;/t;3-/m.0/s1. The highest BCUT2D eigenvalue weighted by atomic mass is 16.5. The summed E-state index contributed by atoms with van der Waals surface area (Å²) in [6.07, 6.45) is 3.89. The number of anilines is 1. The third-order valence-corrected chi connectivity index (χ3v) is 4.44. The van der Waals surface area contributed by atoms with Crippen LogP contribution in [-0.4, -0.2) is 51.5 Å². The number of methoxy groups -OCH3 is 4. The Balaban J connectivity index is 0.000000461. The van der Waals surface area contributed by atoms with E-state index in [1.165, 1.54) is 0 Å². The highest BCUT2D eigenvalue weighted by molar-refractivity contribution is 5.80. The Labute approximate surface area is 192 Å². The molecule has 1 atom stereocenters. The van der Waals surface area contributed by atoms with Gasteiger partial charge in [-0.05, 0) is 41.8 Å². The molecule has 0 radical (unpaired) electrons. The number of carbonyl (C=O) groups excluding carboxylic acids is 1. The number of rotatable bonds is 10. The lowest BCUT2D eigenvalue weighted by molar-refractivity contribution is -0.137. The van der Waals surface area contributed by atoms with Crippen LogP contribution in [0.15, 0.2) is 30.3 Å². The van der Waals surface area contributed by atoms with Gasteiger partial charge in [-0.3, -0.25) is 9.59 Å². The maximum Gasteiger partial charge on any atom is 0.303 e. The second-order valence-electron chi connectivity index (χ2n) is 6.73. The summed E-state index contributed by atoms with van der Waals surface area (Å²) in [7, 11) is 6.36. The Hall–Kier alpha value is -3.92. The molecule has 0 aliphatic carbocycles. The van der Waals surface area contributed by atoms with E-state index in [9.17, 15) is 9.59 Å². The van der Waals surface area contributed by atoms with Crippen molar-refractivity contribution in [3.8, 4) is 23.0 Å². The summed E-state index contributed by atoms with van der Waals surface area (Å²) in [6, 6.07) is 8.55. The zero-order chi connectivity index (χ0) is 25.0. The molecule has 0 saturated carbocycles. The van der Waals surface area contributed by atoms with E-state index in [1.54, 1.807) is 28.4 Å². The van der Waals surface area contributed by atoms with Crippen molar-refractivity contribution in [1.82, 2.24) is 0 Å². The van der Waals surface area contributed by atoms with Crippen LogP contribution in [0.5, 0.6) is 23.0 Å². The number of nitrogen functional groups attached to an aromatic ring is 1. The quantitative estimate of drug-likeness (QED) is 0.306. The van der Waals surface area contributed by atoms with E-state index in [4.69, 9.17) is 41.3 Å². The molecule has 2 aromatic rings. The van der Waals surface area contributed by atoms with Crippen LogP contribution in [-0.2, 0) is 9.59 Å². The SMILES string of the molecule is COc1ccc(/C=C\c2cc(OC)c(OC)c(OC)c2)cc1N.NC(=O)[C@@H](N)CCC(=O)O. The second kappa shape index (κ2) is 13.5. The van der Waals surface area contributed by atoms with Crippen molar-refractivity contribution in [1.29, 1.82) is 0 Å². The summed E-state index contributed by atoms with van der Waals surface area (Å²) in [6.45, 7) is 0. The van der Waals surface area contributed by atoms with Crippen molar-refractivity contribution in [3.05, 3.63) is 41.5 Å². The number of carboxylic acid groups (broad SMARTS) is 1. The summed E-state index contributed by atoms with van der Waals surface area (Å²) in [5.41, 5.74) is 18.3. The normalized spacial score (nSPS) is 11.2. The van der Waals surface area contributed by atoms with Gasteiger partial charge in [0.1, 0.15) is 5.75 Å². The number of benzene rings is 2. The first-order valence-electron chi connectivity index (χ1n) is 9.85. The van der Waals surface area contributed by atoms with E-state index in [0.29, 0.717) is 28.7 Å². The molecule has 0 spiro atoms. The van der Waals surface area contributed by atoms with Crippen LogP contribution >= 0.6 is 0 Å². The van der Waals surface area contributed by atoms with Crippen LogP contribution in [0.2, 0.25) is 0 Å². The Morgan fingerprint density at radius 1 is 0.909 bits per heavy atom. The second-order valence-corrected chi connectivity index (χ2v) is 6.73. The van der Waals surface area contributed by atoms with Gasteiger partial charge in [0.15, 0.2) is 11.5 Å². The average molecular weight is 462 g/mol. The Bertz CT molecular complexity index is 952. The van der Waals surface area contributed by atoms with Crippen LogP contribution in [0.1, 0.15) is 24.0 Å². The van der Waals surface area contributed by atoms with Crippen LogP contribution in [0.3, 0.4) is 0 Å². The molecule has 180 valence electrons. The zero-order valence-electron chi connectivity index (χ0n) is 19.2. The molecule has 2 aromatic carbocycles. The van der Waals surface area contributed by atoms with E-state index < -0.39 is 17.9 Å². The van der Waals surface area contributed by atoms with Gasteiger partial charge in [0.05, 0.1) is 40.2 Å². The number of nitrogens with two attached hydrogens (primary N) is 3. The number of hydrogen-bond acceptors (Lipinski definition) is 8. The van der Waals surface area contributed by atoms with Gasteiger partial charge < -0.3 is 41.3 Å². The van der Waals surface area contributed by atoms with E-state index in [1.807, 2.05) is 42.5 Å². The van der Waals surface area contributed by atoms with E-state index in [2.05, 4.69) is 0 Å². The molecule has 0 unspecified atom stereocenters. The summed E-state index contributed by atoms with van der Waals surface area (Å²) >= 11 is 0. The lowest BCUT2D eigenvalue weighted by Gasteiger charge is -2.12. The fourth-order valence-corrected chi connectivity index (χ4v) is 2.67. The van der Waals surface area contributed by atoms with Crippen LogP contribution in [0.25, 0.3) is 12.2 Å². The molecule has 7 N–H and O–H groups in total. The monoisotopic (exact) mass is 461 g/mol. The molecule has 10 heteroatoms. The van der Waals surface area contributed by atoms with Crippen molar-refractivity contribution in [2.45, 2.75) is 18.9 Å². The lowest BCUT2D eigenvalue weighted by Crippen LogP contribution is -2.36. The molecule has 0 heterocycles. The fourth-order valence-electron chi connectivity index (χ4n) is 2.67. The number of amides is 1. The number of ether oxygens (including phenoxy) is 4. The van der Waals surface area contributed by atoms with Crippen molar-refractivity contribution in [3.63, 3.8) is 0 Å². The molecule has 0 aliphatic rings. The molecular formula is C23H31N3O7. The Morgan fingerprint density at radius 3 is 1.88 bits per heavy atom. The molecule has 0 aliphatic heterocycles. The first kappa shape index (κ1) is 27.1. The molecule has 2 rings (SSSR count). The third kappa shape index (κ3) is 8.62. The first-order valence-corrected chi connectivity index (χ1v) is 9.85. The topological polar surface area (TPSA) is 169 Å². The summed E-state index contributed by atoms with van der Waals surface area (Å²) in [5, 5.41) is 8.14. The van der Waals surface area contributed by atoms with Gasteiger partial charge in [-0.15, -0.1) is 0 Å². The average Bonchev–Trinajstić information content (AvgIpc) is 2.80. The summed E-state index contributed by atoms with van der Waals surface area (Å²) in [5.74, 6) is 0.815. The highest BCUT2D eigenvalue weighted by Crippen LogP contribution is 2.38. The van der Waals surface area contributed by atoms with Gasteiger partial charge >= 0.3 is 5.97 Å². The molecule has 1 amide bonds. The minimum Gasteiger partial charge on any atom is -0.495 e. The molecule has 0 bridgehead atoms. The Kier molecular flexibility index (Phi) is 11.1. The van der Waals surface area contributed by atoms with Crippen molar-refractivity contribution >= 4 is 29.7 Å². The van der Waals surface area contributed by atoms with Crippen molar-refractivity contribution in [2.75, 3.05) is 34.2 Å². The van der Waals surface area contributed by atoms with Gasteiger partial charge in [-0.25, -0.2) is 0 Å². The first-order chi connectivity index (χ1) is 15.7. The van der Waals surface area contributed by atoms with Crippen molar-refractivity contribution in [2.24, 2.45) is 11.5 Å². The maximum absolute atomic E-state index is 10.2. The van der Waals surface area contributed by atoms with Crippen molar-refractivity contribution < 1.29 is 33.6 Å². The lowest BCUT2D eigenvalue weighted by atomic mass is 10.1. The van der Waals surface area contributed by atoms with E-state index in [0.717, 1.165) is 11.1 Å². The number of hydrogen-bond donors (Lipinski definition) is 4. The number of primary amides is 1. The van der Waals surface area contributed by atoms with E-state index in [-0.39, 0.29) is 12.8 Å². The predicted molar refractivity (Wildman–Crippen MR) is 126 cm³/mol. The smallest absolute Gasteiger partial charge is 0.303 e. The number of aliphatic carboxylic acids is 1. The van der Waals surface area contributed by atoms with Crippen LogP contribution in [0.4, 0.5) is 5.69 Å². The summed E-state index contributed by atoms with van der Waals surface area (Å²) < 4.78 is 21.2. The van der Waals surface area contributed by atoms with Crippen LogP contribution in [0, 0.1) is 0 Å². The minimum absolute atomic E-state index is 0.102. The van der Waals surface area contributed by atoms with Gasteiger partial charge in [0, 0.05) is 6.42 Å². The van der Waals surface area contributed by atoms with Gasteiger partial charge in [-0.1, -0.05) is 18.2 Å². The highest BCUT2D eigenvalue weighted by Gasteiger charge is 2.12. The molecule has 0 aromatic heterocycles. The van der Waals surface area contributed by atoms with Gasteiger partial charge in [0.2, 0.25) is 11.7 Å². The van der Waals surface area contributed by atoms with Gasteiger partial charge in [-0.2, -0.15) is 0 Å². The van der Waals surface area contributed by atoms with Crippen LogP contribution < -0.4 is 36.1 Å². The number of carboxylic acids is 1. The molecule has 33 heavy (non-hydrogen) atoms. The maximum atomic E-state index is 10.2. The molecule has 0 fully saturated rings. The number of carbonyl (C=O) groups is 2. The minimum atomic E-state index is -0.975. The zero-order valence-corrected chi connectivity index (χ0v) is 19.2. The fraction of sp³-hybridized carbons (Fsp3) is 0.304. The molecule has 0 saturated heterocycles. The predicted octanol–water partition coefficient (Wildman–Crippen LogP) is 2.14. The van der Waals surface area contributed by atoms with Gasteiger partial charge in [0.25, 0.3) is 0 Å².